The number of carbonyl (C=O) groups is 1. The van der Waals surface area contributed by atoms with Gasteiger partial charge in [-0.05, 0) is 38.4 Å². The molecule has 0 spiro atoms. The minimum Gasteiger partial charge on any atom is -0.334 e. The number of likely N-dealkylation sites (tertiary alicyclic amines) is 1. The third-order valence-electron chi connectivity index (χ3n) is 2.55. The fraction of sp³-hybridized carbons (Fsp3) is 0.700. The summed E-state index contributed by atoms with van der Waals surface area (Å²) in [5.74, 6) is 0.159. The molecule has 2 nitrogen and oxygen atoms in total. The van der Waals surface area contributed by atoms with Crippen molar-refractivity contribution < 1.29 is 4.79 Å². The summed E-state index contributed by atoms with van der Waals surface area (Å²) in [6, 6.07) is 0.822. The molecule has 3 heteroatoms. The van der Waals surface area contributed by atoms with Crippen molar-refractivity contribution in [2.45, 2.75) is 38.8 Å². The first-order valence-corrected chi connectivity index (χ1v) is 5.97. The zero-order valence-electron chi connectivity index (χ0n) is 8.49. The van der Waals surface area contributed by atoms with Gasteiger partial charge >= 0.3 is 0 Å². The van der Waals surface area contributed by atoms with Crippen LogP contribution in [0.1, 0.15) is 26.7 Å². The Labute approximate surface area is 84.4 Å². The third kappa shape index (κ3) is 2.50. The molecule has 1 aliphatic rings. The van der Waals surface area contributed by atoms with E-state index in [9.17, 15) is 4.79 Å². The number of carbonyl (C=O) groups excluding carboxylic acids is 1. The number of hydrogen-bond acceptors (Lipinski definition) is 2. The van der Waals surface area contributed by atoms with Gasteiger partial charge in [-0.2, -0.15) is 0 Å². The zero-order valence-corrected chi connectivity index (χ0v) is 9.30. The number of hydrogen-bond donors (Lipinski definition) is 0. The van der Waals surface area contributed by atoms with E-state index in [1.807, 2.05) is 16.6 Å². The van der Waals surface area contributed by atoms with Crippen molar-refractivity contribution in [2.24, 2.45) is 0 Å². The maximum atomic E-state index is 11.7. The van der Waals surface area contributed by atoms with Gasteiger partial charge in [0.05, 0.1) is 0 Å². The Hall–Kier alpha value is -0.440. The highest BCUT2D eigenvalue weighted by atomic mass is 32.2. The quantitative estimate of drug-likeness (QED) is 0.636. The number of thioether (sulfide) groups is 1. The van der Waals surface area contributed by atoms with Crippen LogP contribution in [0, 0.1) is 0 Å². The molecule has 1 amide bonds. The highest BCUT2D eigenvalue weighted by Gasteiger charge is 2.29. The van der Waals surface area contributed by atoms with E-state index >= 15 is 0 Å². The van der Waals surface area contributed by atoms with Crippen molar-refractivity contribution in [1.29, 1.82) is 0 Å². The first kappa shape index (κ1) is 10.6. The van der Waals surface area contributed by atoms with Crippen LogP contribution in [0.4, 0.5) is 0 Å². The summed E-state index contributed by atoms with van der Waals surface area (Å²) >= 11 is 1.56. The number of rotatable bonds is 2. The van der Waals surface area contributed by atoms with Crippen LogP contribution in [0.3, 0.4) is 0 Å². The predicted molar refractivity (Wildman–Crippen MR) is 57.7 cm³/mol. The van der Waals surface area contributed by atoms with Crippen molar-refractivity contribution in [3.05, 3.63) is 11.5 Å². The normalized spacial score (nSPS) is 28.7. The van der Waals surface area contributed by atoms with Crippen molar-refractivity contribution in [2.75, 3.05) is 6.26 Å². The van der Waals surface area contributed by atoms with Gasteiger partial charge < -0.3 is 4.90 Å². The molecule has 0 aromatic rings. The van der Waals surface area contributed by atoms with Crippen LogP contribution in [-0.2, 0) is 4.79 Å². The molecule has 1 fully saturated rings. The van der Waals surface area contributed by atoms with Crippen molar-refractivity contribution in [3.8, 4) is 0 Å². The first-order valence-electron chi connectivity index (χ1n) is 4.68. The van der Waals surface area contributed by atoms with E-state index in [1.165, 1.54) is 0 Å². The Morgan fingerprint density at radius 1 is 1.38 bits per heavy atom. The van der Waals surface area contributed by atoms with Crippen molar-refractivity contribution in [3.63, 3.8) is 0 Å². The fourth-order valence-corrected chi connectivity index (χ4v) is 2.09. The molecule has 0 bridgehead atoms. The molecule has 0 aromatic heterocycles. The highest BCUT2D eigenvalue weighted by Crippen LogP contribution is 2.23. The highest BCUT2D eigenvalue weighted by molar-refractivity contribution is 8.01. The molecule has 1 aliphatic heterocycles. The zero-order chi connectivity index (χ0) is 9.84. The molecular weight excluding hydrogens is 182 g/mol. The van der Waals surface area contributed by atoms with Crippen LogP contribution in [-0.4, -0.2) is 29.1 Å². The molecule has 0 aliphatic carbocycles. The summed E-state index contributed by atoms with van der Waals surface area (Å²) in [6.07, 6.45) is 5.91. The summed E-state index contributed by atoms with van der Waals surface area (Å²) in [4.78, 5) is 13.6. The molecule has 13 heavy (non-hydrogen) atoms. The van der Waals surface area contributed by atoms with Gasteiger partial charge in [0.15, 0.2) is 0 Å². The van der Waals surface area contributed by atoms with Crippen LogP contribution in [0.5, 0.6) is 0 Å². The van der Waals surface area contributed by atoms with E-state index in [0.29, 0.717) is 12.1 Å². The Morgan fingerprint density at radius 3 is 2.38 bits per heavy atom. The lowest BCUT2D eigenvalue weighted by Crippen LogP contribution is -2.37. The van der Waals surface area contributed by atoms with E-state index in [0.717, 1.165) is 12.8 Å². The molecule has 1 heterocycles. The first-order chi connectivity index (χ1) is 6.16. The lowest BCUT2D eigenvalue weighted by molar-refractivity contribution is -0.128. The lowest BCUT2D eigenvalue weighted by Gasteiger charge is -2.24. The summed E-state index contributed by atoms with van der Waals surface area (Å²) in [7, 11) is 0. The van der Waals surface area contributed by atoms with Crippen LogP contribution in [0.2, 0.25) is 0 Å². The minimum absolute atomic E-state index is 0.159. The molecule has 74 valence electrons. The van der Waals surface area contributed by atoms with Gasteiger partial charge in [-0.25, -0.2) is 0 Å². The molecule has 2 unspecified atom stereocenters. The van der Waals surface area contributed by atoms with Gasteiger partial charge in [0.25, 0.3) is 0 Å². The largest absolute Gasteiger partial charge is 0.334 e. The molecule has 1 saturated heterocycles. The maximum absolute atomic E-state index is 11.7. The van der Waals surface area contributed by atoms with Gasteiger partial charge in [0.2, 0.25) is 5.91 Å². The Morgan fingerprint density at radius 2 is 1.92 bits per heavy atom. The molecule has 0 saturated carbocycles. The molecule has 2 atom stereocenters. The summed E-state index contributed by atoms with van der Waals surface area (Å²) in [5.41, 5.74) is 0. The van der Waals surface area contributed by atoms with Gasteiger partial charge in [-0.15, -0.1) is 11.8 Å². The molecule has 0 N–H and O–H groups in total. The average molecular weight is 199 g/mol. The minimum atomic E-state index is 0.159. The lowest BCUT2D eigenvalue weighted by atomic mass is 10.2. The molecule has 1 rings (SSSR count). The second kappa shape index (κ2) is 4.70. The Kier molecular flexibility index (Phi) is 3.85. The van der Waals surface area contributed by atoms with E-state index < -0.39 is 0 Å². The summed E-state index contributed by atoms with van der Waals surface area (Å²) < 4.78 is 0. The second-order valence-corrected chi connectivity index (χ2v) is 4.30. The number of nitrogens with zero attached hydrogens (tertiary/aromatic N) is 1. The standard InChI is InChI=1S/C10H17NOS/c1-8-4-5-9(2)11(8)10(12)6-7-13-3/h6-9H,4-5H2,1-3H3/b7-6+. The van der Waals surface area contributed by atoms with E-state index in [1.54, 1.807) is 17.8 Å². The van der Waals surface area contributed by atoms with Gasteiger partial charge in [-0.3, -0.25) is 4.79 Å². The summed E-state index contributed by atoms with van der Waals surface area (Å²) in [6.45, 7) is 4.24. The fourth-order valence-electron chi connectivity index (χ4n) is 1.84. The molecular formula is C10H17NOS. The van der Waals surface area contributed by atoms with Crippen LogP contribution >= 0.6 is 11.8 Å². The van der Waals surface area contributed by atoms with Crippen LogP contribution in [0.15, 0.2) is 11.5 Å². The predicted octanol–water partition coefficient (Wildman–Crippen LogP) is 2.26. The third-order valence-corrected chi connectivity index (χ3v) is 2.96. The number of amides is 1. The maximum Gasteiger partial charge on any atom is 0.247 e. The van der Waals surface area contributed by atoms with Gasteiger partial charge in [0.1, 0.15) is 0 Å². The molecule has 0 radical (unpaired) electrons. The topological polar surface area (TPSA) is 20.3 Å². The average Bonchev–Trinajstić information content (AvgIpc) is 2.42. The Balaban J connectivity index is 2.59. The Bertz CT molecular complexity index is 205. The van der Waals surface area contributed by atoms with E-state index in [4.69, 9.17) is 0 Å². The SMILES string of the molecule is CS/C=C/C(=O)N1C(C)CCC1C. The van der Waals surface area contributed by atoms with Crippen molar-refractivity contribution in [1.82, 2.24) is 4.90 Å². The monoisotopic (exact) mass is 199 g/mol. The van der Waals surface area contributed by atoms with Crippen LogP contribution in [0.25, 0.3) is 0 Å². The second-order valence-electron chi connectivity index (χ2n) is 3.56. The van der Waals surface area contributed by atoms with E-state index in [-0.39, 0.29) is 5.91 Å². The van der Waals surface area contributed by atoms with Gasteiger partial charge in [-0.1, -0.05) is 0 Å². The summed E-state index contributed by atoms with van der Waals surface area (Å²) in [5, 5.41) is 1.85. The molecule has 0 aromatic carbocycles. The van der Waals surface area contributed by atoms with Crippen LogP contribution < -0.4 is 0 Å². The van der Waals surface area contributed by atoms with Crippen molar-refractivity contribution >= 4 is 17.7 Å². The smallest absolute Gasteiger partial charge is 0.247 e. The van der Waals surface area contributed by atoms with Gasteiger partial charge in [0, 0.05) is 18.2 Å². The van der Waals surface area contributed by atoms with E-state index in [2.05, 4.69) is 13.8 Å².